The standard InChI is InChI=1S/C7H12O7/c8-2-3-5(11)7(13,1-4(9)10)6(12)14-3/h3,5-6,8,11-13H,1-2H2,(H,9,10)/t3-,5-,6?,7-/m1/s1. The summed E-state index contributed by atoms with van der Waals surface area (Å²) in [6, 6.07) is 0. The molecule has 1 rings (SSSR count). The van der Waals surface area contributed by atoms with Gasteiger partial charge in [0.1, 0.15) is 12.2 Å². The van der Waals surface area contributed by atoms with Crippen LogP contribution in [0, 0.1) is 0 Å². The first-order valence-electron chi connectivity index (χ1n) is 3.98. The number of ether oxygens (including phenoxy) is 1. The minimum Gasteiger partial charge on any atom is -0.481 e. The maximum atomic E-state index is 10.3. The lowest BCUT2D eigenvalue weighted by atomic mass is 9.92. The zero-order valence-electron chi connectivity index (χ0n) is 7.20. The zero-order valence-corrected chi connectivity index (χ0v) is 7.20. The number of carboxylic acid groups (broad SMARTS) is 1. The van der Waals surface area contributed by atoms with Crippen LogP contribution in [-0.2, 0) is 9.53 Å². The van der Waals surface area contributed by atoms with Gasteiger partial charge in [0.15, 0.2) is 11.9 Å². The number of aliphatic hydroxyl groups excluding tert-OH is 3. The maximum absolute atomic E-state index is 10.3. The van der Waals surface area contributed by atoms with E-state index in [2.05, 4.69) is 4.74 Å². The molecule has 7 nitrogen and oxygen atoms in total. The summed E-state index contributed by atoms with van der Waals surface area (Å²) in [5, 5.41) is 45.2. The molecule has 0 spiro atoms. The van der Waals surface area contributed by atoms with Crippen LogP contribution in [0.4, 0.5) is 0 Å². The van der Waals surface area contributed by atoms with Crippen LogP contribution in [0.3, 0.4) is 0 Å². The highest BCUT2D eigenvalue weighted by molar-refractivity contribution is 5.68. The van der Waals surface area contributed by atoms with Crippen LogP contribution in [0.5, 0.6) is 0 Å². The highest BCUT2D eigenvalue weighted by Crippen LogP contribution is 2.32. The highest BCUT2D eigenvalue weighted by Gasteiger charge is 2.55. The number of hydrogen-bond acceptors (Lipinski definition) is 6. The lowest BCUT2D eigenvalue weighted by Crippen LogP contribution is -2.50. The van der Waals surface area contributed by atoms with Gasteiger partial charge in [0, 0.05) is 0 Å². The van der Waals surface area contributed by atoms with E-state index in [4.69, 9.17) is 15.3 Å². The molecule has 7 heteroatoms. The van der Waals surface area contributed by atoms with E-state index in [0.717, 1.165) is 0 Å². The summed E-state index contributed by atoms with van der Waals surface area (Å²) in [5.74, 6) is -1.38. The van der Waals surface area contributed by atoms with Gasteiger partial charge in [0.25, 0.3) is 0 Å². The predicted octanol–water partition coefficient (Wildman–Crippen LogP) is -2.74. The number of aliphatic hydroxyl groups is 4. The van der Waals surface area contributed by atoms with E-state index in [1.54, 1.807) is 0 Å². The quantitative estimate of drug-likeness (QED) is 0.340. The normalized spacial score (nSPS) is 42.7. The SMILES string of the molecule is O=C(O)C[C@]1(O)C(O)O[C@H](CO)[C@H]1O. The third-order valence-electron chi connectivity index (χ3n) is 2.21. The fraction of sp³-hybridized carbons (Fsp3) is 0.857. The molecule has 82 valence electrons. The number of aliphatic carboxylic acids is 1. The Kier molecular flexibility index (Phi) is 3.07. The van der Waals surface area contributed by atoms with Gasteiger partial charge < -0.3 is 30.3 Å². The van der Waals surface area contributed by atoms with E-state index in [1.807, 2.05) is 0 Å². The number of carbonyl (C=O) groups is 1. The van der Waals surface area contributed by atoms with E-state index in [1.165, 1.54) is 0 Å². The Balaban J connectivity index is 2.81. The van der Waals surface area contributed by atoms with Gasteiger partial charge in [-0.25, -0.2) is 0 Å². The van der Waals surface area contributed by atoms with Gasteiger partial charge in [0.2, 0.25) is 0 Å². The van der Waals surface area contributed by atoms with Crippen molar-refractivity contribution >= 4 is 5.97 Å². The van der Waals surface area contributed by atoms with Crippen molar-refractivity contribution in [1.82, 2.24) is 0 Å². The van der Waals surface area contributed by atoms with Crippen molar-refractivity contribution in [2.24, 2.45) is 0 Å². The molecule has 1 unspecified atom stereocenters. The van der Waals surface area contributed by atoms with Crippen LogP contribution in [0.25, 0.3) is 0 Å². The molecule has 0 bridgehead atoms. The third-order valence-corrected chi connectivity index (χ3v) is 2.21. The Morgan fingerprint density at radius 2 is 2.00 bits per heavy atom. The fourth-order valence-electron chi connectivity index (χ4n) is 1.40. The summed E-state index contributed by atoms with van der Waals surface area (Å²) in [6.07, 6.45) is -5.47. The van der Waals surface area contributed by atoms with Crippen molar-refractivity contribution in [2.75, 3.05) is 6.61 Å². The van der Waals surface area contributed by atoms with Gasteiger partial charge in [-0.15, -0.1) is 0 Å². The Morgan fingerprint density at radius 3 is 2.36 bits per heavy atom. The molecule has 5 N–H and O–H groups in total. The molecule has 0 saturated carbocycles. The number of carboxylic acids is 1. The zero-order chi connectivity index (χ0) is 10.9. The smallest absolute Gasteiger partial charge is 0.306 e. The lowest BCUT2D eigenvalue weighted by molar-refractivity contribution is -0.187. The molecule has 0 amide bonds. The Hall–Kier alpha value is -0.730. The lowest BCUT2D eigenvalue weighted by Gasteiger charge is -2.26. The minimum atomic E-state index is -2.26. The van der Waals surface area contributed by atoms with Gasteiger partial charge in [-0.2, -0.15) is 0 Å². The van der Waals surface area contributed by atoms with Crippen molar-refractivity contribution in [2.45, 2.75) is 30.5 Å². The molecule has 0 aliphatic carbocycles. The Morgan fingerprint density at radius 1 is 1.43 bits per heavy atom. The van der Waals surface area contributed by atoms with E-state index >= 15 is 0 Å². The van der Waals surface area contributed by atoms with Crippen molar-refractivity contribution < 1.29 is 35.1 Å². The van der Waals surface area contributed by atoms with Crippen molar-refractivity contribution in [3.63, 3.8) is 0 Å². The molecule has 0 aromatic heterocycles. The second-order valence-corrected chi connectivity index (χ2v) is 3.22. The maximum Gasteiger partial charge on any atom is 0.306 e. The average Bonchev–Trinajstić information content (AvgIpc) is 2.29. The Bertz CT molecular complexity index is 230. The van der Waals surface area contributed by atoms with Gasteiger partial charge >= 0.3 is 5.97 Å². The molecular weight excluding hydrogens is 196 g/mol. The van der Waals surface area contributed by atoms with Crippen LogP contribution >= 0.6 is 0 Å². The molecule has 1 aliphatic rings. The van der Waals surface area contributed by atoms with Gasteiger partial charge in [-0.3, -0.25) is 4.79 Å². The summed E-state index contributed by atoms with van der Waals surface area (Å²) < 4.78 is 4.58. The number of hydrogen-bond donors (Lipinski definition) is 5. The average molecular weight is 208 g/mol. The molecule has 0 radical (unpaired) electrons. The minimum absolute atomic E-state index is 0.611. The molecule has 1 fully saturated rings. The van der Waals surface area contributed by atoms with Crippen molar-refractivity contribution in [1.29, 1.82) is 0 Å². The van der Waals surface area contributed by atoms with E-state index < -0.39 is 43.1 Å². The summed E-state index contributed by atoms with van der Waals surface area (Å²) >= 11 is 0. The molecule has 14 heavy (non-hydrogen) atoms. The molecule has 1 saturated heterocycles. The van der Waals surface area contributed by atoms with Gasteiger partial charge in [-0.05, 0) is 0 Å². The molecule has 1 aliphatic heterocycles. The summed E-state index contributed by atoms with van der Waals surface area (Å²) in [4.78, 5) is 10.3. The molecular formula is C7H12O7. The first-order chi connectivity index (χ1) is 6.41. The largest absolute Gasteiger partial charge is 0.481 e. The van der Waals surface area contributed by atoms with Gasteiger partial charge in [-0.1, -0.05) is 0 Å². The molecule has 0 aromatic rings. The van der Waals surface area contributed by atoms with Crippen molar-refractivity contribution in [3.8, 4) is 0 Å². The molecule has 4 atom stereocenters. The van der Waals surface area contributed by atoms with Crippen LogP contribution < -0.4 is 0 Å². The highest BCUT2D eigenvalue weighted by atomic mass is 16.7. The summed E-state index contributed by atoms with van der Waals surface area (Å²) in [7, 11) is 0. The van der Waals surface area contributed by atoms with Crippen LogP contribution in [0.1, 0.15) is 6.42 Å². The van der Waals surface area contributed by atoms with Gasteiger partial charge in [0.05, 0.1) is 13.0 Å². The monoisotopic (exact) mass is 208 g/mol. The topological polar surface area (TPSA) is 127 Å². The first-order valence-corrected chi connectivity index (χ1v) is 3.98. The first kappa shape index (κ1) is 11.3. The van der Waals surface area contributed by atoms with E-state index in [9.17, 15) is 15.0 Å². The third kappa shape index (κ3) is 1.72. The second kappa shape index (κ2) is 3.79. The fourth-order valence-corrected chi connectivity index (χ4v) is 1.40. The molecule has 1 heterocycles. The predicted molar refractivity (Wildman–Crippen MR) is 41.2 cm³/mol. The van der Waals surface area contributed by atoms with Crippen LogP contribution in [-0.4, -0.2) is 62.2 Å². The van der Waals surface area contributed by atoms with Crippen LogP contribution in [0.2, 0.25) is 0 Å². The van der Waals surface area contributed by atoms with E-state index in [-0.39, 0.29) is 0 Å². The Labute approximate surface area is 79.2 Å². The second-order valence-electron chi connectivity index (χ2n) is 3.22. The summed E-state index contributed by atoms with van der Waals surface area (Å²) in [6.45, 7) is -0.611. The van der Waals surface area contributed by atoms with E-state index in [0.29, 0.717) is 0 Å². The number of rotatable bonds is 3. The molecule has 0 aromatic carbocycles. The summed E-state index contributed by atoms with van der Waals surface area (Å²) in [5.41, 5.74) is -2.26. The van der Waals surface area contributed by atoms with Crippen LogP contribution in [0.15, 0.2) is 0 Å². The van der Waals surface area contributed by atoms with Crippen molar-refractivity contribution in [3.05, 3.63) is 0 Å².